The van der Waals surface area contributed by atoms with E-state index < -0.39 is 0 Å². The molecule has 0 aromatic rings. The molecule has 0 aromatic heterocycles. The SMILES string of the molecule is CCCNCCCCCCN1CCN(CC(C)C)CC1. The van der Waals surface area contributed by atoms with Crippen molar-refractivity contribution >= 4 is 0 Å². The Kier molecular flexibility index (Phi) is 10.3. The Morgan fingerprint density at radius 1 is 0.850 bits per heavy atom. The van der Waals surface area contributed by atoms with Crippen molar-refractivity contribution in [2.75, 3.05) is 52.4 Å². The van der Waals surface area contributed by atoms with E-state index in [4.69, 9.17) is 0 Å². The van der Waals surface area contributed by atoms with Gasteiger partial charge in [-0.2, -0.15) is 0 Å². The minimum Gasteiger partial charge on any atom is -0.317 e. The second-order valence-electron chi connectivity index (χ2n) is 6.70. The second-order valence-corrected chi connectivity index (χ2v) is 6.70. The highest BCUT2D eigenvalue weighted by molar-refractivity contribution is 4.72. The molecule has 1 fully saturated rings. The molecule has 1 aliphatic heterocycles. The molecule has 1 heterocycles. The summed E-state index contributed by atoms with van der Waals surface area (Å²) >= 11 is 0. The van der Waals surface area contributed by atoms with Crippen LogP contribution in [0.3, 0.4) is 0 Å². The summed E-state index contributed by atoms with van der Waals surface area (Å²) in [7, 11) is 0. The topological polar surface area (TPSA) is 18.5 Å². The zero-order valence-corrected chi connectivity index (χ0v) is 14.2. The Balaban J connectivity index is 1.89. The molecule has 0 spiro atoms. The molecule has 1 aliphatic rings. The van der Waals surface area contributed by atoms with Crippen LogP contribution in [0.5, 0.6) is 0 Å². The summed E-state index contributed by atoms with van der Waals surface area (Å²) in [4.78, 5) is 5.28. The van der Waals surface area contributed by atoms with Crippen LogP contribution in [-0.2, 0) is 0 Å². The highest BCUT2D eigenvalue weighted by atomic mass is 15.3. The number of hydrogen-bond acceptors (Lipinski definition) is 3. The first kappa shape index (κ1) is 17.9. The van der Waals surface area contributed by atoms with Gasteiger partial charge >= 0.3 is 0 Å². The Labute approximate surface area is 127 Å². The van der Waals surface area contributed by atoms with Gasteiger partial charge in [0.05, 0.1) is 0 Å². The van der Waals surface area contributed by atoms with Crippen LogP contribution in [-0.4, -0.2) is 62.2 Å². The Morgan fingerprint density at radius 2 is 1.50 bits per heavy atom. The Morgan fingerprint density at radius 3 is 2.15 bits per heavy atom. The average Bonchev–Trinajstić information content (AvgIpc) is 2.43. The van der Waals surface area contributed by atoms with E-state index in [-0.39, 0.29) is 0 Å². The predicted molar refractivity (Wildman–Crippen MR) is 89.3 cm³/mol. The molecule has 0 radical (unpaired) electrons. The zero-order chi connectivity index (χ0) is 14.6. The van der Waals surface area contributed by atoms with Gasteiger partial charge in [-0.25, -0.2) is 0 Å². The molecule has 0 bridgehead atoms. The van der Waals surface area contributed by atoms with Crippen LogP contribution in [0.1, 0.15) is 52.9 Å². The minimum absolute atomic E-state index is 0.808. The molecule has 0 amide bonds. The normalized spacial score (nSPS) is 18.0. The van der Waals surface area contributed by atoms with Gasteiger partial charge in [-0.15, -0.1) is 0 Å². The lowest BCUT2D eigenvalue weighted by Gasteiger charge is -2.35. The molecule has 0 aliphatic carbocycles. The van der Waals surface area contributed by atoms with Crippen molar-refractivity contribution in [2.24, 2.45) is 5.92 Å². The molecule has 20 heavy (non-hydrogen) atoms. The molecular formula is C17H37N3. The lowest BCUT2D eigenvalue weighted by Crippen LogP contribution is -2.47. The molecule has 0 atom stereocenters. The summed E-state index contributed by atoms with van der Waals surface area (Å²) in [6.45, 7) is 17.0. The van der Waals surface area contributed by atoms with E-state index >= 15 is 0 Å². The summed E-state index contributed by atoms with van der Waals surface area (Å²) < 4.78 is 0. The van der Waals surface area contributed by atoms with Crippen molar-refractivity contribution in [1.82, 2.24) is 15.1 Å². The number of piperazine rings is 1. The fourth-order valence-corrected chi connectivity index (χ4v) is 2.95. The highest BCUT2D eigenvalue weighted by Gasteiger charge is 2.16. The van der Waals surface area contributed by atoms with Crippen molar-refractivity contribution in [3.05, 3.63) is 0 Å². The van der Waals surface area contributed by atoms with Gasteiger partial charge in [0.2, 0.25) is 0 Å². The van der Waals surface area contributed by atoms with Gasteiger partial charge in [0.15, 0.2) is 0 Å². The largest absolute Gasteiger partial charge is 0.317 e. The van der Waals surface area contributed by atoms with Crippen molar-refractivity contribution in [3.8, 4) is 0 Å². The summed E-state index contributed by atoms with van der Waals surface area (Å²) in [6, 6.07) is 0. The van der Waals surface area contributed by atoms with E-state index in [1.165, 1.54) is 84.5 Å². The van der Waals surface area contributed by atoms with Crippen molar-refractivity contribution in [2.45, 2.75) is 52.9 Å². The molecule has 0 unspecified atom stereocenters. The maximum absolute atomic E-state index is 3.48. The molecule has 0 saturated carbocycles. The van der Waals surface area contributed by atoms with Crippen LogP contribution in [0.15, 0.2) is 0 Å². The van der Waals surface area contributed by atoms with Crippen LogP contribution >= 0.6 is 0 Å². The van der Waals surface area contributed by atoms with Gasteiger partial charge in [0.1, 0.15) is 0 Å². The average molecular weight is 284 g/mol. The fourth-order valence-electron chi connectivity index (χ4n) is 2.95. The summed E-state index contributed by atoms with van der Waals surface area (Å²) in [5.74, 6) is 0.808. The number of nitrogens with zero attached hydrogens (tertiary/aromatic N) is 2. The predicted octanol–water partition coefficient (Wildman–Crippen LogP) is 2.82. The van der Waals surface area contributed by atoms with E-state index in [2.05, 4.69) is 35.9 Å². The fraction of sp³-hybridized carbons (Fsp3) is 1.00. The van der Waals surface area contributed by atoms with Crippen LogP contribution < -0.4 is 5.32 Å². The molecule has 0 aromatic carbocycles. The van der Waals surface area contributed by atoms with E-state index in [0.717, 1.165) is 5.92 Å². The first-order chi connectivity index (χ1) is 9.72. The summed E-state index contributed by atoms with van der Waals surface area (Å²) in [6.07, 6.45) is 6.78. The molecule has 3 nitrogen and oxygen atoms in total. The van der Waals surface area contributed by atoms with Crippen molar-refractivity contribution in [1.29, 1.82) is 0 Å². The van der Waals surface area contributed by atoms with Gasteiger partial charge in [0.25, 0.3) is 0 Å². The highest BCUT2D eigenvalue weighted by Crippen LogP contribution is 2.07. The molecule has 120 valence electrons. The van der Waals surface area contributed by atoms with Crippen LogP contribution in [0.2, 0.25) is 0 Å². The Bertz CT molecular complexity index is 210. The van der Waals surface area contributed by atoms with Crippen molar-refractivity contribution < 1.29 is 0 Å². The molecule has 1 rings (SSSR count). The van der Waals surface area contributed by atoms with E-state index in [9.17, 15) is 0 Å². The van der Waals surface area contributed by atoms with Crippen molar-refractivity contribution in [3.63, 3.8) is 0 Å². The van der Waals surface area contributed by atoms with Gasteiger partial charge in [-0.1, -0.05) is 33.6 Å². The number of hydrogen-bond donors (Lipinski definition) is 1. The number of unbranched alkanes of at least 4 members (excludes halogenated alkanes) is 3. The third-order valence-electron chi connectivity index (χ3n) is 4.09. The maximum Gasteiger partial charge on any atom is 0.0110 e. The first-order valence-corrected chi connectivity index (χ1v) is 8.87. The van der Waals surface area contributed by atoms with Crippen LogP contribution in [0.25, 0.3) is 0 Å². The van der Waals surface area contributed by atoms with E-state index in [1.54, 1.807) is 0 Å². The number of nitrogens with one attached hydrogen (secondary N) is 1. The lowest BCUT2D eigenvalue weighted by atomic mass is 10.1. The smallest absolute Gasteiger partial charge is 0.0110 e. The van der Waals surface area contributed by atoms with Gasteiger partial charge in [-0.3, -0.25) is 0 Å². The monoisotopic (exact) mass is 283 g/mol. The molecular weight excluding hydrogens is 246 g/mol. The third kappa shape index (κ3) is 8.93. The maximum atomic E-state index is 3.48. The quantitative estimate of drug-likeness (QED) is 0.588. The van der Waals surface area contributed by atoms with Gasteiger partial charge < -0.3 is 15.1 Å². The van der Waals surface area contributed by atoms with Crippen LogP contribution in [0.4, 0.5) is 0 Å². The number of rotatable bonds is 11. The Hall–Kier alpha value is -0.120. The molecule has 1 N–H and O–H groups in total. The van der Waals surface area contributed by atoms with Gasteiger partial charge in [0, 0.05) is 32.7 Å². The zero-order valence-electron chi connectivity index (χ0n) is 14.2. The molecule has 1 saturated heterocycles. The lowest BCUT2D eigenvalue weighted by molar-refractivity contribution is 0.121. The van der Waals surface area contributed by atoms with Gasteiger partial charge in [-0.05, 0) is 44.8 Å². The second kappa shape index (κ2) is 11.5. The van der Waals surface area contributed by atoms with E-state index in [0.29, 0.717) is 0 Å². The summed E-state index contributed by atoms with van der Waals surface area (Å²) in [5.41, 5.74) is 0. The standard InChI is InChI=1S/C17H37N3/c1-4-9-18-10-7-5-6-8-11-19-12-14-20(15-13-19)16-17(2)3/h17-18H,4-16H2,1-3H3. The minimum atomic E-state index is 0.808. The van der Waals surface area contributed by atoms with E-state index in [1.807, 2.05) is 0 Å². The van der Waals surface area contributed by atoms with Crippen LogP contribution in [0, 0.1) is 5.92 Å². The summed E-state index contributed by atoms with van der Waals surface area (Å²) in [5, 5.41) is 3.48. The first-order valence-electron chi connectivity index (χ1n) is 8.87. The molecule has 3 heteroatoms. The third-order valence-corrected chi connectivity index (χ3v) is 4.09.